The second kappa shape index (κ2) is 5.44. The fourth-order valence-electron chi connectivity index (χ4n) is 1.92. The molecular weight excluding hydrogens is 278 g/mol. The van der Waals surface area contributed by atoms with Crippen molar-refractivity contribution in [3.63, 3.8) is 0 Å². The summed E-state index contributed by atoms with van der Waals surface area (Å²) < 4.78 is 40.8. The molecule has 106 valence electrons. The molecule has 2 aromatic rings. The highest BCUT2D eigenvalue weighted by Gasteiger charge is 2.19. The number of halogens is 2. The molecule has 0 aliphatic carbocycles. The van der Waals surface area contributed by atoms with Crippen LogP contribution in [0, 0.1) is 39.3 Å². The fraction of sp³-hybridized carbons (Fsp3) is 0.250. The zero-order valence-electron chi connectivity index (χ0n) is 11.9. The van der Waals surface area contributed by atoms with E-state index in [0.717, 1.165) is 11.1 Å². The van der Waals surface area contributed by atoms with Crippen molar-refractivity contribution in [3.8, 4) is 0 Å². The van der Waals surface area contributed by atoms with E-state index >= 15 is 0 Å². The standard InChI is InChI=1S/C16H16F2OS/c1-9-5-7-13(15(17)11(9)3)20(19)14-8-6-10(2)12(4)16(14)18/h5-8H,1-4H3. The Balaban J connectivity index is 2.58. The average Bonchev–Trinajstić information content (AvgIpc) is 2.42. The van der Waals surface area contributed by atoms with Gasteiger partial charge >= 0.3 is 0 Å². The van der Waals surface area contributed by atoms with Gasteiger partial charge in [-0.1, -0.05) is 12.1 Å². The summed E-state index contributed by atoms with van der Waals surface area (Å²) in [6.07, 6.45) is 0. The molecule has 0 radical (unpaired) electrons. The molecule has 2 aromatic carbocycles. The van der Waals surface area contributed by atoms with E-state index in [0.29, 0.717) is 11.1 Å². The van der Waals surface area contributed by atoms with Gasteiger partial charge in [-0.2, -0.15) is 0 Å². The third-order valence-electron chi connectivity index (χ3n) is 3.64. The van der Waals surface area contributed by atoms with Crippen LogP contribution >= 0.6 is 0 Å². The lowest BCUT2D eigenvalue weighted by Gasteiger charge is -2.11. The van der Waals surface area contributed by atoms with Crippen LogP contribution in [-0.2, 0) is 10.8 Å². The average molecular weight is 294 g/mol. The quantitative estimate of drug-likeness (QED) is 0.804. The molecule has 20 heavy (non-hydrogen) atoms. The Morgan fingerprint density at radius 1 is 0.750 bits per heavy atom. The van der Waals surface area contributed by atoms with Gasteiger partial charge in [-0.3, -0.25) is 0 Å². The lowest BCUT2D eigenvalue weighted by Crippen LogP contribution is -2.03. The normalized spacial score (nSPS) is 11.2. The van der Waals surface area contributed by atoms with E-state index in [2.05, 4.69) is 0 Å². The van der Waals surface area contributed by atoms with Crippen LogP contribution in [0.3, 0.4) is 0 Å². The summed E-state index contributed by atoms with van der Waals surface area (Å²) in [7, 11) is -1.86. The van der Waals surface area contributed by atoms with Crippen LogP contribution in [0.5, 0.6) is 0 Å². The van der Waals surface area contributed by atoms with Gasteiger partial charge in [-0.05, 0) is 62.1 Å². The lowest BCUT2D eigenvalue weighted by molar-refractivity contribution is 0.574. The summed E-state index contributed by atoms with van der Waals surface area (Å²) in [4.78, 5) is 0.0468. The van der Waals surface area contributed by atoms with Gasteiger partial charge in [0.15, 0.2) is 0 Å². The first kappa shape index (κ1) is 14.9. The van der Waals surface area contributed by atoms with E-state index in [1.165, 1.54) is 12.1 Å². The maximum Gasteiger partial charge on any atom is 0.142 e. The molecule has 0 aromatic heterocycles. The first-order chi connectivity index (χ1) is 9.34. The van der Waals surface area contributed by atoms with Crippen LogP contribution in [0.2, 0.25) is 0 Å². The van der Waals surface area contributed by atoms with E-state index in [9.17, 15) is 13.0 Å². The van der Waals surface area contributed by atoms with Crippen LogP contribution < -0.4 is 0 Å². The minimum absolute atomic E-state index is 0.0234. The van der Waals surface area contributed by atoms with Crippen LogP contribution in [0.15, 0.2) is 34.1 Å². The van der Waals surface area contributed by atoms with Crippen LogP contribution in [0.1, 0.15) is 22.3 Å². The Hall–Kier alpha value is -1.55. The molecule has 0 unspecified atom stereocenters. The van der Waals surface area contributed by atoms with Crippen molar-refractivity contribution in [2.75, 3.05) is 0 Å². The molecule has 0 amide bonds. The van der Waals surface area contributed by atoms with E-state index in [4.69, 9.17) is 0 Å². The van der Waals surface area contributed by atoms with Crippen molar-refractivity contribution < 1.29 is 13.0 Å². The molecule has 0 saturated carbocycles. The van der Waals surface area contributed by atoms with Gasteiger partial charge in [0.25, 0.3) is 0 Å². The van der Waals surface area contributed by atoms with E-state index in [1.54, 1.807) is 39.8 Å². The molecule has 0 aliphatic rings. The maximum absolute atomic E-state index is 14.2. The van der Waals surface area contributed by atoms with E-state index in [-0.39, 0.29) is 9.79 Å². The number of aryl methyl sites for hydroxylation is 2. The lowest BCUT2D eigenvalue weighted by atomic mass is 10.1. The minimum Gasteiger partial charge on any atom is -0.249 e. The molecule has 0 atom stereocenters. The second-order valence-corrected chi connectivity index (χ2v) is 6.32. The predicted molar refractivity (Wildman–Crippen MR) is 76.4 cm³/mol. The Morgan fingerprint density at radius 3 is 1.45 bits per heavy atom. The molecule has 0 aliphatic heterocycles. The largest absolute Gasteiger partial charge is 0.249 e. The summed E-state index contributed by atoms with van der Waals surface area (Å²) >= 11 is 0. The Bertz CT molecular complexity index is 649. The molecule has 0 bridgehead atoms. The van der Waals surface area contributed by atoms with Gasteiger partial charge in [0.1, 0.15) is 11.6 Å². The van der Waals surface area contributed by atoms with E-state index in [1.807, 2.05) is 0 Å². The van der Waals surface area contributed by atoms with Gasteiger partial charge in [-0.25, -0.2) is 13.0 Å². The molecule has 1 nitrogen and oxygen atoms in total. The highest BCUT2D eigenvalue weighted by Crippen LogP contribution is 2.27. The zero-order valence-corrected chi connectivity index (χ0v) is 12.7. The minimum atomic E-state index is -1.86. The highest BCUT2D eigenvalue weighted by molar-refractivity contribution is 7.85. The number of hydrogen-bond acceptors (Lipinski definition) is 1. The summed E-state index contributed by atoms with van der Waals surface area (Å²) in [5.74, 6) is -1.05. The topological polar surface area (TPSA) is 17.1 Å². The number of rotatable bonds is 2. The van der Waals surface area contributed by atoms with Crippen molar-refractivity contribution in [2.24, 2.45) is 0 Å². The molecule has 0 N–H and O–H groups in total. The fourth-order valence-corrected chi connectivity index (χ4v) is 3.17. The van der Waals surface area contributed by atoms with Crippen molar-refractivity contribution in [3.05, 3.63) is 58.2 Å². The first-order valence-electron chi connectivity index (χ1n) is 6.27. The van der Waals surface area contributed by atoms with Gasteiger partial charge < -0.3 is 0 Å². The molecule has 0 spiro atoms. The monoisotopic (exact) mass is 294 g/mol. The summed E-state index contributed by atoms with van der Waals surface area (Å²) in [5.41, 5.74) is 2.45. The molecular formula is C16H16F2OS. The molecule has 0 heterocycles. The third-order valence-corrected chi connectivity index (χ3v) is 5.07. The van der Waals surface area contributed by atoms with Crippen molar-refractivity contribution in [1.29, 1.82) is 0 Å². The summed E-state index contributed by atoms with van der Waals surface area (Å²) in [5, 5.41) is 0. The van der Waals surface area contributed by atoms with Crippen molar-refractivity contribution in [1.82, 2.24) is 0 Å². The summed E-state index contributed by atoms with van der Waals surface area (Å²) in [6.45, 7) is 6.81. The molecule has 0 saturated heterocycles. The molecule has 4 heteroatoms. The van der Waals surface area contributed by atoms with Crippen molar-refractivity contribution in [2.45, 2.75) is 37.5 Å². The summed E-state index contributed by atoms with van der Waals surface area (Å²) in [6, 6.07) is 6.32. The first-order valence-corrected chi connectivity index (χ1v) is 7.42. The van der Waals surface area contributed by atoms with Crippen LogP contribution in [-0.4, -0.2) is 4.21 Å². The predicted octanol–water partition coefficient (Wildman–Crippen LogP) is 4.37. The number of hydrogen-bond donors (Lipinski definition) is 0. The highest BCUT2D eigenvalue weighted by atomic mass is 32.2. The Labute approximate surface area is 120 Å². The molecule has 0 fully saturated rings. The zero-order chi connectivity index (χ0) is 15.0. The Morgan fingerprint density at radius 2 is 1.10 bits per heavy atom. The van der Waals surface area contributed by atoms with Gasteiger partial charge in [-0.15, -0.1) is 0 Å². The number of benzene rings is 2. The van der Waals surface area contributed by atoms with Crippen molar-refractivity contribution >= 4 is 10.8 Å². The van der Waals surface area contributed by atoms with Crippen LogP contribution in [0.4, 0.5) is 8.78 Å². The SMILES string of the molecule is Cc1ccc(S(=O)c2ccc(C)c(C)c2F)c(F)c1C. The van der Waals surface area contributed by atoms with Crippen LogP contribution in [0.25, 0.3) is 0 Å². The third kappa shape index (κ3) is 2.40. The van der Waals surface area contributed by atoms with Gasteiger partial charge in [0.05, 0.1) is 20.6 Å². The van der Waals surface area contributed by atoms with Gasteiger partial charge in [0, 0.05) is 0 Å². The molecule has 2 rings (SSSR count). The van der Waals surface area contributed by atoms with Gasteiger partial charge in [0.2, 0.25) is 0 Å². The second-order valence-electron chi connectivity index (χ2n) is 4.91. The Kier molecular flexibility index (Phi) is 4.04. The smallest absolute Gasteiger partial charge is 0.142 e. The maximum atomic E-state index is 14.2. The van der Waals surface area contributed by atoms with E-state index < -0.39 is 22.4 Å².